The molecule has 0 radical (unpaired) electrons. The fourth-order valence-electron chi connectivity index (χ4n) is 1.99. The van der Waals surface area contributed by atoms with E-state index in [-0.39, 0.29) is 5.75 Å². The van der Waals surface area contributed by atoms with Gasteiger partial charge in [-0.1, -0.05) is 36.4 Å². The highest BCUT2D eigenvalue weighted by Crippen LogP contribution is 2.38. The molecule has 106 valence electrons. The normalized spacial score (nSPS) is 13.1. The molecule has 0 amide bonds. The molecular weight excluding hydrogens is 267 g/mol. The molecule has 2 nitrogen and oxygen atoms in total. The number of methoxy groups -OCH3 is 1. The van der Waals surface area contributed by atoms with Gasteiger partial charge in [0.2, 0.25) is 0 Å². The number of ether oxygens (including phenoxy) is 1. The van der Waals surface area contributed by atoms with Crippen LogP contribution in [0.4, 0.5) is 13.2 Å². The topological polar surface area (TPSA) is 35.2 Å². The Morgan fingerprint density at radius 2 is 1.65 bits per heavy atom. The van der Waals surface area contributed by atoms with E-state index in [1.165, 1.54) is 13.2 Å². The lowest BCUT2D eigenvalue weighted by molar-refractivity contribution is -0.138. The van der Waals surface area contributed by atoms with Crippen molar-refractivity contribution in [3.63, 3.8) is 0 Å². The Kier molecular flexibility index (Phi) is 3.99. The van der Waals surface area contributed by atoms with E-state index in [9.17, 15) is 13.2 Å². The minimum atomic E-state index is -4.47. The molecule has 5 heteroatoms. The standard InChI is InChI=1S/C15H14F3NO/c1-20-13-8-7-11(9-12(13)15(16,17)18)14(19)10-5-3-2-4-6-10/h2-9,14H,19H2,1H3. The van der Waals surface area contributed by atoms with Gasteiger partial charge in [-0.3, -0.25) is 0 Å². The van der Waals surface area contributed by atoms with Gasteiger partial charge in [0.25, 0.3) is 0 Å². The lowest BCUT2D eigenvalue weighted by Crippen LogP contribution is -2.14. The van der Waals surface area contributed by atoms with Crippen LogP contribution in [-0.4, -0.2) is 7.11 Å². The first-order chi connectivity index (χ1) is 9.43. The van der Waals surface area contributed by atoms with Gasteiger partial charge in [0.05, 0.1) is 18.7 Å². The van der Waals surface area contributed by atoms with Crippen molar-refractivity contribution in [2.45, 2.75) is 12.2 Å². The highest BCUT2D eigenvalue weighted by molar-refractivity contribution is 5.42. The van der Waals surface area contributed by atoms with Crippen molar-refractivity contribution in [1.29, 1.82) is 0 Å². The highest BCUT2D eigenvalue weighted by atomic mass is 19.4. The summed E-state index contributed by atoms with van der Waals surface area (Å²) in [7, 11) is 1.21. The maximum Gasteiger partial charge on any atom is 0.419 e. The van der Waals surface area contributed by atoms with E-state index in [0.29, 0.717) is 5.56 Å². The van der Waals surface area contributed by atoms with Crippen LogP contribution < -0.4 is 10.5 Å². The summed E-state index contributed by atoms with van der Waals surface area (Å²) in [6.07, 6.45) is -4.47. The van der Waals surface area contributed by atoms with Crippen LogP contribution in [0.2, 0.25) is 0 Å². The molecule has 0 fully saturated rings. The molecule has 2 aromatic rings. The van der Waals surface area contributed by atoms with Crippen LogP contribution in [0.3, 0.4) is 0 Å². The number of alkyl halides is 3. The molecule has 0 bridgehead atoms. The largest absolute Gasteiger partial charge is 0.496 e. The van der Waals surface area contributed by atoms with Crippen molar-refractivity contribution >= 4 is 0 Å². The van der Waals surface area contributed by atoms with Gasteiger partial charge in [-0.25, -0.2) is 0 Å². The minimum absolute atomic E-state index is 0.207. The van der Waals surface area contributed by atoms with Gasteiger partial charge in [-0.05, 0) is 23.3 Å². The maximum absolute atomic E-state index is 13.0. The SMILES string of the molecule is COc1ccc(C(N)c2ccccc2)cc1C(F)(F)F. The van der Waals surface area contributed by atoms with E-state index in [0.717, 1.165) is 11.6 Å². The van der Waals surface area contributed by atoms with E-state index in [4.69, 9.17) is 10.5 Å². The molecular formula is C15H14F3NO. The Bertz CT molecular complexity index is 581. The second-order valence-electron chi connectivity index (χ2n) is 4.35. The van der Waals surface area contributed by atoms with Gasteiger partial charge in [0.15, 0.2) is 0 Å². The zero-order valence-corrected chi connectivity index (χ0v) is 10.8. The van der Waals surface area contributed by atoms with Crippen molar-refractivity contribution in [2.24, 2.45) is 5.73 Å². The van der Waals surface area contributed by atoms with E-state index < -0.39 is 17.8 Å². The van der Waals surface area contributed by atoms with Crippen molar-refractivity contribution < 1.29 is 17.9 Å². The summed E-state index contributed by atoms with van der Waals surface area (Å²) in [6.45, 7) is 0. The third-order valence-electron chi connectivity index (χ3n) is 3.05. The predicted molar refractivity (Wildman–Crippen MR) is 70.5 cm³/mol. The second-order valence-corrected chi connectivity index (χ2v) is 4.35. The van der Waals surface area contributed by atoms with Gasteiger partial charge < -0.3 is 10.5 Å². The minimum Gasteiger partial charge on any atom is -0.496 e. The zero-order chi connectivity index (χ0) is 14.8. The molecule has 0 saturated heterocycles. The summed E-state index contributed by atoms with van der Waals surface area (Å²) in [5, 5.41) is 0. The second kappa shape index (κ2) is 5.54. The van der Waals surface area contributed by atoms with Gasteiger partial charge in [-0.2, -0.15) is 13.2 Å². The molecule has 1 unspecified atom stereocenters. The van der Waals surface area contributed by atoms with Gasteiger partial charge in [0.1, 0.15) is 5.75 Å². The van der Waals surface area contributed by atoms with Crippen molar-refractivity contribution in [2.75, 3.05) is 7.11 Å². The number of halogens is 3. The summed E-state index contributed by atoms with van der Waals surface area (Å²) < 4.78 is 43.6. The lowest BCUT2D eigenvalue weighted by atomic mass is 9.97. The Morgan fingerprint density at radius 1 is 1.00 bits per heavy atom. The number of rotatable bonds is 3. The molecule has 0 aromatic heterocycles. The molecule has 0 aliphatic heterocycles. The van der Waals surface area contributed by atoms with E-state index in [1.54, 1.807) is 30.3 Å². The van der Waals surface area contributed by atoms with Crippen LogP contribution in [0.5, 0.6) is 5.75 Å². The summed E-state index contributed by atoms with van der Waals surface area (Å²) in [5.41, 5.74) is 6.34. The molecule has 0 aliphatic rings. The summed E-state index contributed by atoms with van der Waals surface area (Å²) in [6, 6.07) is 12.2. The molecule has 1 atom stereocenters. The average Bonchev–Trinajstić information content (AvgIpc) is 2.46. The number of hydrogen-bond donors (Lipinski definition) is 1. The van der Waals surface area contributed by atoms with Gasteiger partial charge in [-0.15, -0.1) is 0 Å². The number of hydrogen-bond acceptors (Lipinski definition) is 2. The molecule has 2 aromatic carbocycles. The maximum atomic E-state index is 13.0. The molecule has 0 spiro atoms. The van der Waals surface area contributed by atoms with Crippen LogP contribution >= 0.6 is 0 Å². The smallest absolute Gasteiger partial charge is 0.419 e. The molecule has 20 heavy (non-hydrogen) atoms. The molecule has 0 saturated carbocycles. The van der Waals surface area contributed by atoms with Crippen LogP contribution in [0.15, 0.2) is 48.5 Å². The lowest BCUT2D eigenvalue weighted by Gasteiger charge is -2.17. The first kappa shape index (κ1) is 14.4. The van der Waals surface area contributed by atoms with E-state index in [2.05, 4.69) is 0 Å². The third kappa shape index (κ3) is 2.93. The quantitative estimate of drug-likeness (QED) is 0.929. The molecule has 0 aliphatic carbocycles. The first-order valence-electron chi connectivity index (χ1n) is 5.99. The fourth-order valence-corrected chi connectivity index (χ4v) is 1.99. The van der Waals surface area contributed by atoms with Gasteiger partial charge in [0, 0.05) is 0 Å². The average molecular weight is 281 g/mol. The van der Waals surface area contributed by atoms with Crippen LogP contribution in [0.25, 0.3) is 0 Å². The van der Waals surface area contributed by atoms with Crippen molar-refractivity contribution in [1.82, 2.24) is 0 Å². The summed E-state index contributed by atoms with van der Waals surface area (Å²) in [4.78, 5) is 0. The zero-order valence-electron chi connectivity index (χ0n) is 10.8. The molecule has 2 rings (SSSR count). The van der Waals surface area contributed by atoms with Crippen LogP contribution in [-0.2, 0) is 6.18 Å². The first-order valence-corrected chi connectivity index (χ1v) is 5.99. The Hall–Kier alpha value is -2.01. The van der Waals surface area contributed by atoms with Crippen LogP contribution in [0.1, 0.15) is 22.7 Å². The van der Waals surface area contributed by atoms with E-state index >= 15 is 0 Å². The van der Waals surface area contributed by atoms with E-state index in [1.807, 2.05) is 6.07 Å². The molecule has 2 N–H and O–H groups in total. The third-order valence-corrected chi connectivity index (χ3v) is 3.05. The predicted octanol–water partition coefficient (Wildman–Crippen LogP) is 3.76. The summed E-state index contributed by atoms with van der Waals surface area (Å²) in [5.74, 6) is -0.207. The summed E-state index contributed by atoms with van der Waals surface area (Å²) >= 11 is 0. The Morgan fingerprint density at radius 3 is 2.20 bits per heavy atom. The molecule has 0 heterocycles. The fraction of sp³-hybridized carbons (Fsp3) is 0.200. The highest BCUT2D eigenvalue weighted by Gasteiger charge is 2.34. The monoisotopic (exact) mass is 281 g/mol. The van der Waals surface area contributed by atoms with Crippen molar-refractivity contribution in [3.8, 4) is 5.75 Å². The van der Waals surface area contributed by atoms with Gasteiger partial charge >= 0.3 is 6.18 Å². The van der Waals surface area contributed by atoms with Crippen molar-refractivity contribution in [3.05, 3.63) is 65.2 Å². The Balaban J connectivity index is 2.44. The van der Waals surface area contributed by atoms with Crippen LogP contribution in [0, 0.1) is 0 Å². The number of nitrogens with two attached hydrogens (primary N) is 1. The number of benzene rings is 2. The Labute approximate surface area is 115 Å².